The third kappa shape index (κ3) is 6.37. The molecule has 0 aliphatic rings. The van der Waals surface area contributed by atoms with Crippen molar-refractivity contribution in [2.75, 3.05) is 20.3 Å². The number of hydrogen-bond acceptors (Lipinski definition) is 3. The lowest BCUT2D eigenvalue weighted by atomic mass is 10.0. The van der Waals surface area contributed by atoms with Gasteiger partial charge in [-0.25, -0.2) is 0 Å². The molecule has 0 heterocycles. The van der Waals surface area contributed by atoms with Crippen molar-refractivity contribution in [2.24, 2.45) is 5.92 Å². The molecule has 0 aliphatic carbocycles. The van der Waals surface area contributed by atoms with Crippen molar-refractivity contribution in [2.45, 2.75) is 25.9 Å². The van der Waals surface area contributed by atoms with E-state index < -0.39 is 6.10 Å². The second-order valence-corrected chi connectivity index (χ2v) is 5.36. The topological polar surface area (TPSA) is 58.6 Å². The first-order chi connectivity index (χ1) is 9.52. The summed E-state index contributed by atoms with van der Waals surface area (Å²) < 4.78 is 4.82. The van der Waals surface area contributed by atoms with Gasteiger partial charge in [0.1, 0.15) is 0 Å². The molecule has 0 spiro atoms. The molecule has 1 amide bonds. The highest BCUT2D eigenvalue weighted by molar-refractivity contribution is 6.30. The molecule has 1 rings (SSSR count). The van der Waals surface area contributed by atoms with Crippen LogP contribution in [-0.4, -0.2) is 37.4 Å². The van der Waals surface area contributed by atoms with Gasteiger partial charge in [-0.05, 0) is 30.5 Å². The summed E-state index contributed by atoms with van der Waals surface area (Å²) in [4.78, 5) is 11.9. The van der Waals surface area contributed by atoms with Crippen LogP contribution in [0.5, 0.6) is 0 Å². The Morgan fingerprint density at radius 3 is 2.90 bits per heavy atom. The van der Waals surface area contributed by atoms with Crippen molar-refractivity contribution in [1.29, 1.82) is 0 Å². The van der Waals surface area contributed by atoms with E-state index in [9.17, 15) is 9.90 Å². The number of halogens is 1. The normalized spacial score (nSPS) is 13.8. The zero-order valence-corrected chi connectivity index (χ0v) is 12.7. The van der Waals surface area contributed by atoms with Crippen LogP contribution >= 0.6 is 11.6 Å². The molecular formula is C15H22ClNO3. The van der Waals surface area contributed by atoms with Gasteiger partial charge in [-0.15, -0.1) is 0 Å². The summed E-state index contributed by atoms with van der Waals surface area (Å²) in [5.41, 5.74) is 1.04. The maximum atomic E-state index is 11.9. The third-order valence-corrected chi connectivity index (χ3v) is 3.25. The molecule has 0 bridgehead atoms. The molecule has 0 saturated carbocycles. The van der Waals surface area contributed by atoms with E-state index in [0.717, 1.165) is 5.56 Å². The van der Waals surface area contributed by atoms with Gasteiger partial charge >= 0.3 is 0 Å². The van der Waals surface area contributed by atoms with Crippen molar-refractivity contribution in [1.82, 2.24) is 5.32 Å². The molecular weight excluding hydrogens is 278 g/mol. The Bertz CT molecular complexity index is 425. The lowest BCUT2D eigenvalue weighted by Gasteiger charge is -2.14. The average molecular weight is 300 g/mol. The first-order valence-corrected chi connectivity index (χ1v) is 7.10. The van der Waals surface area contributed by atoms with E-state index in [4.69, 9.17) is 16.3 Å². The predicted octanol–water partition coefficient (Wildman–Crippen LogP) is 2.03. The van der Waals surface area contributed by atoms with Gasteiger partial charge in [-0.3, -0.25) is 4.79 Å². The van der Waals surface area contributed by atoms with E-state index >= 15 is 0 Å². The van der Waals surface area contributed by atoms with Crippen LogP contribution in [0.4, 0.5) is 0 Å². The number of amides is 1. The molecule has 5 heteroatoms. The smallest absolute Gasteiger partial charge is 0.223 e. The standard InChI is InChI=1S/C15H22ClNO3/c1-11(8-12-4-3-5-13(16)9-12)15(19)17-7-6-14(18)10-20-2/h3-5,9,11,14,18H,6-8,10H2,1-2H3,(H,17,19). The fraction of sp³-hybridized carbons (Fsp3) is 0.533. The number of hydrogen-bond donors (Lipinski definition) is 2. The number of nitrogens with one attached hydrogen (secondary N) is 1. The number of ether oxygens (including phenoxy) is 1. The molecule has 0 aliphatic heterocycles. The summed E-state index contributed by atoms with van der Waals surface area (Å²) in [5, 5.41) is 13.0. The van der Waals surface area contributed by atoms with E-state index in [1.54, 1.807) is 0 Å². The largest absolute Gasteiger partial charge is 0.391 e. The van der Waals surface area contributed by atoms with E-state index in [1.165, 1.54) is 7.11 Å². The lowest BCUT2D eigenvalue weighted by molar-refractivity contribution is -0.124. The first kappa shape index (κ1) is 17.0. The molecule has 2 N–H and O–H groups in total. The molecule has 2 atom stereocenters. The van der Waals surface area contributed by atoms with Crippen LogP contribution in [0.3, 0.4) is 0 Å². The van der Waals surface area contributed by atoms with Crippen LogP contribution in [0.15, 0.2) is 24.3 Å². The zero-order valence-electron chi connectivity index (χ0n) is 11.9. The number of methoxy groups -OCH3 is 1. The van der Waals surface area contributed by atoms with Gasteiger partial charge in [0.15, 0.2) is 0 Å². The predicted molar refractivity (Wildman–Crippen MR) is 79.8 cm³/mol. The number of aliphatic hydroxyl groups excluding tert-OH is 1. The molecule has 2 unspecified atom stereocenters. The van der Waals surface area contributed by atoms with Crippen LogP contribution in [0.1, 0.15) is 18.9 Å². The van der Waals surface area contributed by atoms with Gasteiger partial charge < -0.3 is 15.2 Å². The van der Waals surface area contributed by atoms with Gasteiger partial charge in [-0.2, -0.15) is 0 Å². The van der Waals surface area contributed by atoms with E-state index in [-0.39, 0.29) is 18.4 Å². The Kier molecular flexibility index (Phi) is 7.59. The summed E-state index contributed by atoms with van der Waals surface area (Å²) in [6.07, 6.45) is 0.597. The van der Waals surface area contributed by atoms with Gasteiger partial charge in [-0.1, -0.05) is 30.7 Å². The highest BCUT2D eigenvalue weighted by Crippen LogP contribution is 2.14. The van der Waals surface area contributed by atoms with Crippen LogP contribution in [-0.2, 0) is 16.0 Å². The molecule has 0 aromatic heterocycles. The van der Waals surface area contributed by atoms with E-state index in [2.05, 4.69) is 5.32 Å². The molecule has 20 heavy (non-hydrogen) atoms. The Balaban J connectivity index is 2.32. The second-order valence-electron chi connectivity index (χ2n) is 4.92. The summed E-state index contributed by atoms with van der Waals surface area (Å²) in [5.74, 6) is -0.150. The maximum absolute atomic E-state index is 11.9. The second kappa shape index (κ2) is 8.95. The van der Waals surface area contributed by atoms with Crippen LogP contribution < -0.4 is 5.32 Å². The summed E-state index contributed by atoms with van der Waals surface area (Å²) in [6, 6.07) is 7.52. The summed E-state index contributed by atoms with van der Waals surface area (Å²) >= 11 is 5.92. The average Bonchev–Trinajstić information content (AvgIpc) is 2.38. The highest BCUT2D eigenvalue weighted by atomic mass is 35.5. The van der Waals surface area contributed by atoms with E-state index in [0.29, 0.717) is 24.4 Å². The van der Waals surface area contributed by atoms with Crippen molar-refractivity contribution >= 4 is 17.5 Å². The Morgan fingerprint density at radius 2 is 2.25 bits per heavy atom. The number of aliphatic hydroxyl groups is 1. The first-order valence-electron chi connectivity index (χ1n) is 6.72. The molecule has 112 valence electrons. The lowest BCUT2D eigenvalue weighted by Crippen LogP contribution is -2.33. The van der Waals surface area contributed by atoms with Gasteiger partial charge in [0.05, 0.1) is 12.7 Å². The highest BCUT2D eigenvalue weighted by Gasteiger charge is 2.14. The van der Waals surface area contributed by atoms with Crippen LogP contribution in [0, 0.1) is 5.92 Å². The summed E-state index contributed by atoms with van der Waals surface area (Å²) in [6.45, 7) is 2.61. The monoisotopic (exact) mass is 299 g/mol. The number of carbonyl (C=O) groups excluding carboxylic acids is 1. The third-order valence-electron chi connectivity index (χ3n) is 3.01. The SMILES string of the molecule is COCC(O)CCNC(=O)C(C)Cc1cccc(Cl)c1. The molecule has 0 fully saturated rings. The van der Waals surface area contributed by atoms with Crippen LogP contribution in [0.25, 0.3) is 0 Å². The minimum Gasteiger partial charge on any atom is -0.391 e. The van der Waals surface area contributed by atoms with E-state index in [1.807, 2.05) is 31.2 Å². The molecule has 1 aromatic rings. The molecule has 0 radical (unpaired) electrons. The number of rotatable bonds is 8. The van der Waals surface area contributed by atoms with Crippen molar-refractivity contribution in [3.63, 3.8) is 0 Å². The Labute approximate surface area is 125 Å². The van der Waals surface area contributed by atoms with Gasteiger partial charge in [0.25, 0.3) is 0 Å². The molecule has 1 aromatic carbocycles. The Hall–Kier alpha value is -1.10. The van der Waals surface area contributed by atoms with Crippen LogP contribution in [0.2, 0.25) is 5.02 Å². The zero-order chi connectivity index (χ0) is 15.0. The van der Waals surface area contributed by atoms with Crippen molar-refractivity contribution in [3.8, 4) is 0 Å². The minimum atomic E-state index is -0.538. The van der Waals surface area contributed by atoms with Gasteiger partial charge in [0.2, 0.25) is 5.91 Å². The van der Waals surface area contributed by atoms with Crippen molar-refractivity contribution < 1.29 is 14.6 Å². The molecule has 4 nitrogen and oxygen atoms in total. The Morgan fingerprint density at radius 1 is 1.50 bits per heavy atom. The quantitative estimate of drug-likeness (QED) is 0.772. The fourth-order valence-corrected chi connectivity index (χ4v) is 2.14. The fourth-order valence-electron chi connectivity index (χ4n) is 1.92. The number of benzene rings is 1. The minimum absolute atomic E-state index is 0.0189. The van der Waals surface area contributed by atoms with Crippen molar-refractivity contribution in [3.05, 3.63) is 34.9 Å². The van der Waals surface area contributed by atoms with Gasteiger partial charge in [0, 0.05) is 24.6 Å². The maximum Gasteiger partial charge on any atom is 0.223 e. The summed E-state index contributed by atoms with van der Waals surface area (Å²) in [7, 11) is 1.54. The molecule has 0 saturated heterocycles. The number of carbonyl (C=O) groups is 1.